The van der Waals surface area contributed by atoms with Crippen LogP contribution in [-0.4, -0.2) is 31.7 Å². The Morgan fingerprint density at radius 2 is 1.72 bits per heavy atom. The molecule has 0 amide bonds. The Morgan fingerprint density at radius 1 is 0.920 bits per heavy atom. The molecule has 128 valence electrons. The van der Waals surface area contributed by atoms with Gasteiger partial charge in [-0.2, -0.15) is 0 Å². The number of nitrogens with zero attached hydrogens (tertiary/aromatic N) is 1. The monoisotopic (exact) mass is 338 g/mol. The Hall–Kier alpha value is -2.40. The molecule has 2 aromatic carbocycles. The van der Waals surface area contributed by atoms with Crippen molar-refractivity contribution in [2.75, 3.05) is 27.2 Å². The second-order valence-electron chi connectivity index (χ2n) is 7.67. The maximum Gasteiger partial charge on any atom is 0.231 e. The topological polar surface area (TPSA) is 36.9 Å². The predicted molar refractivity (Wildman–Crippen MR) is 90.0 cm³/mol. The summed E-state index contributed by atoms with van der Waals surface area (Å²) in [7, 11) is 2.37. The van der Waals surface area contributed by atoms with Gasteiger partial charge in [0.2, 0.25) is 13.6 Å². The standard InChI is InChI=1S/C20H20NO4/c1-21-5-4-13-7-18-19(24-10-23-18)8-14(13)16(21)6-12-2-3-17-20(15(12)9-21)25-11-22-17/h2-3,7-8,16H,4-6,9-11H2,1H3/q+1/t16-,21?/m0/s1. The van der Waals surface area contributed by atoms with Crippen molar-refractivity contribution in [1.29, 1.82) is 0 Å². The van der Waals surface area contributed by atoms with Crippen molar-refractivity contribution < 1.29 is 23.4 Å². The fourth-order valence-corrected chi connectivity index (χ4v) is 4.92. The molecule has 2 aromatic rings. The zero-order valence-electron chi connectivity index (χ0n) is 14.2. The van der Waals surface area contributed by atoms with Gasteiger partial charge in [0.1, 0.15) is 12.6 Å². The quantitative estimate of drug-likeness (QED) is 0.692. The summed E-state index contributed by atoms with van der Waals surface area (Å²) >= 11 is 0. The minimum absolute atomic E-state index is 0.335. The van der Waals surface area contributed by atoms with E-state index in [4.69, 9.17) is 18.9 Å². The highest BCUT2D eigenvalue weighted by Gasteiger charge is 2.45. The molecule has 2 atom stereocenters. The highest BCUT2D eigenvalue weighted by molar-refractivity contribution is 5.54. The second-order valence-corrected chi connectivity index (χ2v) is 7.67. The van der Waals surface area contributed by atoms with E-state index in [-0.39, 0.29) is 0 Å². The largest absolute Gasteiger partial charge is 0.454 e. The number of quaternary nitrogens is 1. The first kappa shape index (κ1) is 13.8. The first-order chi connectivity index (χ1) is 12.2. The van der Waals surface area contributed by atoms with Gasteiger partial charge in [-0.1, -0.05) is 6.07 Å². The third kappa shape index (κ3) is 1.82. The first-order valence-electron chi connectivity index (χ1n) is 8.88. The van der Waals surface area contributed by atoms with E-state index in [1.807, 2.05) is 0 Å². The molecule has 25 heavy (non-hydrogen) atoms. The summed E-state index contributed by atoms with van der Waals surface area (Å²) < 4.78 is 23.6. The number of hydrogen-bond donors (Lipinski definition) is 0. The normalized spacial score (nSPS) is 27.5. The minimum atomic E-state index is 0.335. The van der Waals surface area contributed by atoms with Crippen LogP contribution in [0.2, 0.25) is 0 Å². The molecule has 5 heteroatoms. The fraction of sp³-hybridized carbons (Fsp3) is 0.400. The molecular weight excluding hydrogens is 318 g/mol. The van der Waals surface area contributed by atoms with Crippen LogP contribution in [0.3, 0.4) is 0 Å². The molecule has 6 rings (SSSR count). The third-order valence-electron chi connectivity index (χ3n) is 6.31. The van der Waals surface area contributed by atoms with Crippen molar-refractivity contribution in [3.63, 3.8) is 0 Å². The van der Waals surface area contributed by atoms with Gasteiger partial charge in [-0.15, -0.1) is 0 Å². The Labute approximate surface area is 146 Å². The molecule has 0 saturated carbocycles. The number of ether oxygens (including phenoxy) is 4. The van der Waals surface area contributed by atoms with E-state index in [0.717, 1.165) is 53.4 Å². The molecule has 0 aliphatic carbocycles. The Morgan fingerprint density at radius 3 is 2.64 bits per heavy atom. The summed E-state index contributed by atoms with van der Waals surface area (Å²) in [5, 5.41) is 0. The molecule has 0 aromatic heterocycles. The van der Waals surface area contributed by atoms with Crippen LogP contribution < -0.4 is 18.9 Å². The van der Waals surface area contributed by atoms with Crippen molar-refractivity contribution in [1.82, 2.24) is 0 Å². The summed E-state index contributed by atoms with van der Waals surface area (Å²) in [6.07, 6.45) is 2.09. The number of hydrogen-bond acceptors (Lipinski definition) is 4. The molecule has 1 unspecified atom stereocenters. The third-order valence-corrected chi connectivity index (χ3v) is 6.31. The molecule has 5 nitrogen and oxygen atoms in total. The highest BCUT2D eigenvalue weighted by atomic mass is 16.7. The lowest BCUT2D eigenvalue weighted by Gasteiger charge is -2.48. The maximum atomic E-state index is 5.78. The molecule has 0 fully saturated rings. The van der Waals surface area contributed by atoms with Crippen molar-refractivity contribution >= 4 is 0 Å². The molecule has 0 saturated heterocycles. The van der Waals surface area contributed by atoms with Crippen molar-refractivity contribution in [2.45, 2.75) is 25.4 Å². The van der Waals surface area contributed by atoms with Crippen LogP contribution >= 0.6 is 0 Å². The summed E-state index contributed by atoms with van der Waals surface area (Å²) in [5.74, 6) is 3.65. The zero-order valence-corrected chi connectivity index (χ0v) is 14.2. The maximum absolute atomic E-state index is 5.78. The number of rotatable bonds is 0. The van der Waals surface area contributed by atoms with Crippen LogP contribution in [0.4, 0.5) is 0 Å². The van der Waals surface area contributed by atoms with Gasteiger partial charge in [0, 0.05) is 18.4 Å². The van der Waals surface area contributed by atoms with Crippen LogP contribution in [0, 0.1) is 0 Å². The number of benzene rings is 2. The van der Waals surface area contributed by atoms with Gasteiger partial charge in [-0.3, -0.25) is 0 Å². The average molecular weight is 338 g/mol. The van der Waals surface area contributed by atoms with E-state index in [1.165, 1.54) is 22.3 Å². The van der Waals surface area contributed by atoms with E-state index in [9.17, 15) is 0 Å². The molecule has 0 bridgehead atoms. The molecule has 4 aliphatic heterocycles. The lowest BCUT2D eigenvalue weighted by molar-refractivity contribution is -0.956. The van der Waals surface area contributed by atoms with Crippen molar-refractivity contribution in [2.24, 2.45) is 0 Å². The smallest absolute Gasteiger partial charge is 0.231 e. The summed E-state index contributed by atoms with van der Waals surface area (Å²) in [4.78, 5) is 0. The second kappa shape index (κ2) is 4.61. The first-order valence-corrected chi connectivity index (χ1v) is 8.88. The summed E-state index contributed by atoms with van der Waals surface area (Å²) in [5.41, 5.74) is 5.55. The molecule has 0 radical (unpaired) electrons. The van der Waals surface area contributed by atoms with E-state index in [0.29, 0.717) is 19.6 Å². The number of likely N-dealkylation sites (N-methyl/N-ethyl adjacent to an activating group) is 1. The van der Waals surface area contributed by atoms with Crippen molar-refractivity contribution in [3.05, 3.63) is 46.5 Å². The minimum Gasteiger partial charge on any atom is -0.454 e. The SMILES string of the molecule is C[N+]12CCc3cc4c(cc3[C@@H]1Cc1ccc3c(c1C2)OCO3)OCO4. The van der Waals surface area contributed by atoms with Crippen LogP contribution in [-0.2, 0) is 19.4 Å². The van der Waals surface area contributed by atoms with Gasteiger partial charge < -0.3 is 23.4 Å². The molecule has 0 N–H and O–H groups in total. The lowest BCUT2D eigenvalue weighted by Crippen LogP contribution is -2.53. The van der Waals surface area contributed by atoms with Gasteiger partial charge >= 0.3 is 0 Å². The van der Waals surface area contributed by atoms with E-state index >= 15 is 0 Å². The average Bonchev–Trinajstić information content (AvgIpc) is 3.27. The van der Waals surface area contributed by atoms with Gasteiger partial charge in [0.25, 0.3) is 0 Å². The highest BCUT2D eigenvalue weighted by Crippen LogP contribution is 2.50. The van der Waals surface area contributed by atoms with Gasteiger partial charge in [0.15, 0.2) is 23.0 Å². The van der Waals surface area contributed by atoms with Gasteiger partial charge in [-0.05, 0) is 29.3 Å². The summed E-state index contributed by atoms with van der Waals surface area (Å²) in [6, 6.07) is 9.13. The van der Waals surface area contributed by atoms with Crippen LogP contribution in [0.25, 0.3) is 0 Å². The fourth-order valence-electron chi connectivity index (χ4n) is 4.92. The van der Waals surface area contributed by atoms with Crippen molar-refractivity contribution in [3.8, 4) is 23.0 Å². The Bertz CT molecular complexity index is 909. The van der Waals surface area contributed by atoms with E-state index in [2.05, 4.69) is 31.3 Å². The van der Waals surface area contributed by atoms with E-state index < -0.39 is 0 Å². The molecule has 4 aliphatic rings. The zero-order chi connectivity index (χ0) is 16.6. The predicted octanol–water partition coefficient (Wildman–Crippen LogP) is 2.94. The Kier molecular flexibility index (Phi) is 2.55. The van der Waals surface area contributed by atoms with Gasteiger partial charge in [-0.25, -0.2) is 0 Å². The van der Waals surface area contributed by atoms with Crippen LogP contribution in [0.1, 0.15) is 28.3 Å². The molecule has 4 heterocycles. The molecule has 0 spiro atoms. The summed E-state index contributed by atoms with van der Waals surface area (Å²) in [6.45, 7) is 2.79. The number of fused-ring (bicyclic) bond motifs is 7. The Balaban J connectivity index is 1.49. The van der Waals surface area contributed by atoms with Crippen LogP contribution in [0.15, 0.2) is 24.3 Å². The van der Waals surface area contributed by atoms with Gasteiger partial charge in [0.05, 0.1) is 19.2 Å². The van der Waals surface area contributed by atoms with Crippen LogP contribution in [0.5, 0.6) is 23.0 Å². The molecular formula is C20H20NO4+. The lowest BCUT2D eigenvalue weighted by atomic mass is 9.81. The van der Waals surface area contributed by atoms with E-state index in [1.54, 1.807) is 0 Å².